The number of likely N-dealkylation sites (N-methyl/N-ethyl adjacent to an activating group) is 1. The second kappa shape index (κ2) is 5.33. The molecular formula is C10H15N5O5. The normalized spacial score (nSPS) is 26.9. The van der Waals surface area contributed by atoms with Gasteiger partial charge < -0.3 is 20.8 Å². The van der Waals surface area contributed by atoms with Crippen molar-refractivity contribution in [1.82, 2.24) is 15.3 Å². The fourth-order valence-electron chi connectivity index (χ4n) is 2.16. The van der Waals surface area contributed by atoms with Gasteiger partial charge >= 0.3 is 6.03 Å². The van der Waals surface area contributed by atoms with E-state index in [0.717, 1.165) is 0 Å². The number of amides is 4. The van der Waals surface area contributed by atoms with Crippen molar-refractivity contribution >= 4 is 23.6 Å². The molecule has 0 spiro atoms. The van der Waals surface area contributed by atoms with E-state index in [1.54, 1.807) is 0 Å². The Bertz CT molecular complexity index is 479. The molecule has 0 aliphatic carbocycles. The summed E-state index contributed by atoms with van der Waals surface area (Å²) < 4.78 is 0. The number of piperidine rings is 1. The molecule has 2 fully saturated rings. The van der Waals surface area contributed by atoms with Gasteiger partial charge in [0.1, 0.15) is 12.1 Å². The van der Waals surface area contributed by atoms with Crippen molar-refractivity contribution in [3.63, 3.8) is 0 Å². The summed E-state index contributed by atoms with van der Waals surface area (Å²) in [6, 6.07) is -2.27. The highest BCUT2D eigenvalue weighted by molar-refractivity contribution is 6.02. The van der Waals surface area contributed by atoms with Crippen molar-refractivity contribution in [3.8, 4) is 0 Å². The summed E-state index contributed by atoms with van der Waals surface area (Å²) in [5, 5.41) is 16.2. The maximum absolute atomic E-state index is 11.7. The fraction of sp³-hybridized carbons (Fsp3) is 0.600. The SMILES string of the molecule is CNC(=O)CON=C1C[C@@H](C(N)=O)N2C[C@@H]1N(O)C2=O. The van der Waals surface area contributed by atoms with Gasteiger partial charge in [-0.3, -0.25) is 14.8 Å². The lowest BCUT2D eigenvalue weighted by Gasteiger charge is -2.28. The zero-order chi connectivity index (χ0) is 14.9. The first-order valence-electron chi connectivity index (χ1n) is 5.93. The molecule has 2 aliphatic rings. The first-order valence-corrected chi connectivity index (χ1v) is 5.93. The lowest BCUT2D eigenvalue weighted by atomic mass is 9.98. The molecular weight excluding hydrogens is 270 g/mol. The summed E-state index contributed by atoms with van der Waals surface area (Å²) in [7, 11) is 1.45. The third kappa shape index (κ3) is 2.37. The molecule has 2 saturated heterocycles. The van der Waals surface area contributed by atoms with Crippen LogP contribution in [0.15, 0.2) is 5.16 Å². The summed E-state index contributed by atoms with van der Waals surface area (Å²) in [6.45, 7) is -0.192. The number of rotatable bonds is 4. The predicted molar refractivity (Wildman–Crippen MR) is 64.6 cm³/mol. The maximum atomic E-state index is 11.7. The average Bonchev–Trinajstić information content (AvgIpc) is 2.67. The van der Waals surface area contributed by atoms with E-state index in [-0.39, 0.29) is 25.5 Å². The lowest BCUT2D eigenvalue weighted by Crippen LogP contribution is -2.51. The molecule has 110 valence electrons. The number of oxime groups is 1. The van der Waals surface area contributed by atoms with Gasteiger partial charge in [-0.2, -0.15) is 5.06 Å². The molecule has 2 atom stereocenters. The van der Waals surface area contributed by atoms with Gasteiger partial charge in [0.15, 0.2) is 6.61 Å². The van der Waals surface area contributed by atoms with Gasteiger partial charge in [0.25, 0.3) is 5.91 Å². The highest BCUT2D eigenvalue weighted by atomic mass is 16.6. The van der Waals surface area contributed by atoms with Crippen LogP contribution in [0.1, 0.15) is 6.42 Å². The highest BCUT2D eigenvalue weighted by Crippen LogP contribution is 2.27. The molecule has 2 bridgehead atoms. The molecule has 0 radical (unpaired) electrons. The van der Waals surface area contributed by atoms with Gasteiger partial charge in [0.2, 0.25) is 5.91 Å². The molecule has 2 rings (SSSR count). The number of fused-ring (bicyclic) bond motifs is 2. The number of nitrogens with two attached hydrogens (primary N) is 1. The molecule has 2 aliphatic heterocycles. The van der Waals surface area contributed by atoms with E-state index in [0.29, 0.717) is 10.8 Å². The van der Waals surface area contributed by atoms with Crippen LogP contribution in [0.4, 0.5) is 4.79 Å². The molecule has 10 nitrogen and oxygen atoms in total. The maximum Gasteiger partial charge on any atom is 0.345 e. The molecule has 0 aromatic heterocycles. The number of hydrogen-bond acceptors (Lipinski definition) is 6. The molecule has 20 heavy (non-hydrogen) atoms. The van der Waals surface area contributed by atoms with E-state index < -0.39 is 24.0 Å². The molecule has 0 aromatic carbocycles. The zero-order valence-corrected chi connectivity index (χ0v) is 10.8. The minimum absolute atomic E-state index is 0.0660. The van der Waals surface area contributed by atoms with Gasteiger partial charge in [-0.25, -0.2) is 4.79 Å². The molecule has 0 unspecified atom stereocenters. The molecule has 0 aromatic rings. The third-order valence-corrected chi connectivity index (χ3v) is 3.25. The largest absolute Gasteiger partial charge is 0.386 e. The van der Waals surface area contributed by atoms with Crippen molar-refractivity contribution < 1.29 is 24.4 Å². The lowest BCUT2D eigenvalue weighted by molar-refractivity contribution is -0.125. The molecule has 0 saturated carbocycles. The highest BCUT2D eigenvalue weighted by Gasteiger charge is 2.50. The van der Waals surface area contributed by atoms with Crippen molar-refractivity contribution in [2.45, 2.75) is 18.5 Å². The Morgan fingerprint density at radius 1 is 1.60 bits per heavy atom. The molecule has 4 amide bonds. The second-order valence-electron chi connectivity index (χ2n) is 4.45. The van der Waals surface area contributed by atoms with Crippen LogP contribution in [0.25, 0.3) is 0 Å². The van der Waals surface area contributed by atoms with Gasteiger partial charge in [-0.15, -0.1) is 0 Å². The van der Waals surface area contributed by atoms with Crippen LogP contribution >= 0.6 is 0 Å². The Balaban J connectivity index is 2.13. The van der Waals surface area contributed by atoms with E-state index in [2.05, 4.69) is 10.5 Å². The van der Waals surface area contributed by atoms with Crippen molar-refractivity contribution in [2.75, 3.05) is 20.2 Å². The Morgan fingerprint density at radius 2 is 2.30 bits per heavy atom. The molecule has 2 heterocycles. The first kappa shape index (κ1) is 14.1. The number of primary amides is 1. The van der Waals surface area contributed by atoms with Crippen LogP contribution in [-0.2, 0) is 14.4 Å². The summed E-state index contributed by atoms with van der Waals surface area (Å²) in [6.07, 6.45) is 0.0660. The standard InChI is InChI=1S/C10H15N5O5/c1-12-8(16)4-20-13-5-2-6(9(11)17)14-3-7(5)15(19)10(14)18/h6-7,19H,2-4H2,1H3,(H2,11,17)(H,12,16)/t6-,7-/m0/s1. The van der Waals surface area contributed by atoms with Crippen LogP contribution in [0, 0.1) is 0 Å². The van der Waals surface area contributed by atoms with Gasteiger partial charge in [-0.1, -0.05) is 5.16 Å². The average molecular weight is 285 g/mol. The van der Waals surface area contributed by atoms with Crippen molar-refractivity contribution in [2.24, 2.45) is 10.9 Å². The quantitative estimate of drug-likeness (QED) is 0.399. The monoisotopic (exact) mass is 285 g/mol. The summed E-state index contributed by atoms with van der Waals surface area (Å²) >= 11 is 0. The summed E-state index contributed by atoms with van der Waals surface area (Å²) in [5.74, 6) is -1.06. The van der Waals surface area contributed by atoms with Crippen molar-refractivity contribution in [3.05, 3.63) is 0 Å². The van der Waals surface area contributed by atoms with E-state index in [1.807, 2.05) is 0 Å². The summed E-state index contributed by atoms with van der Waals surface area (Å²) in [5.41, 5.74) is 5.52. The number of urea groups is 1. The minimum atomic E-state index is -0.877. The van der Waals surface area contributed by atoms with E-state index >= 15 is 0 Å². The number of carbonyl (C=O) groups is 3. The molecule has 10 heteroatoms. The van der Waals surface area contributed by atoms with Crippen LogP contribution in [-0.4, -0.2) is 71.0 Å². The van der Waals surface area contributed by atoms with E-state index in [4.69, 9.17) is 10.6 Å². The second-order valence-corrected chi connectivity index (χ2v) is 4.45. The number of hydrogen-bond donors (Lipinski definition) is 3. The van der Waals surface area contributed by atoms with Gasteiger partial charge in [0, 0.05) is 13.5 Å². The fourth-order valence-corrected chi connectivity index (χ4v) is 2.16. The Morgan fingerprint density at radius 3 is 2.90 bits per heavy atom. The zero-order valence-electron chi connectivity index (χ0n) is 10.8. The predicted octanol–water partition coefficient (Wildman–Crippen LogP) is -2.14. The first-order chi connectivity index (χ1) is 9.45. The molecule has 4 N–H and O–H groups in total. The van der Waals surface area contributed by atoms with Crippen LogP contribution < -0.4 is 11.1 Å². The summed E-state index contributed by atoms with van der Waals surface area (Å²) in [4.78, 5) is 40.1. The van der Waals surface area contributed by atoms with Crippen molar-refractivity contribution in [1.29, 1.82) is 0 Å². The minimum Gasteiger partial charge on any atom is -0.386 e. The Labute approximate surface area is 114 Å². The van der Waals surface area contributed by atoms with Crippen LogP contribution in [0.3, 0.4) is 0 Å². The Kier molecular flexibility index (Phi) is 3.74. The van der Waals surface area contributed by atoms with Crippen LogP contribution in [0.2, 0.25) is 0 Å². The number of nitrogens with one attached hydrogen (secondary N) is 1. The smallest absolute Gasteiger partial charge is 0.345 e. The van der Waals surface area contributed by atoms with Gasteiger partial charge in [-0.05, 0) is 0 Å². The van der Waals surface area contributed by atoms with Gasteiger partial charge in [0.05, 0.1) is 12.3 Å². The number of carbonyl (C=O) groups excluding carboxylic acids is 3. The number of hydroxylamine groups is 2. The Hall–Kier alpha value is -2.36. The van der Waals surface area contributed by atoms with Crippen LogP contribution in [0.5, 0.6) is 0 Å². The topological polar surface area (TPSA) is 138 Å². The van der Waals surface area contributed by atoms with E-state index in [1.165, 1.54) is 11.9 Å². The number of nitrogens with zero attached hydrogens (tertiary/aromatic N) is 3. The third-order valence-electron chi connectivity index (χ3n) is 3.25. The van der Waals surface area contributed by atoms with E-state index in [9.17, 15) is 19.6 Å².